The molecule has 0 heteroatoms. The van der Waals surface area contributed by atoms with E-state index in [0.717, 1.165) is 0 Å². The van der Waals surface area contributed by atoms with Crippen LogP contribution in [-0.2, 0) is 0 Å². The van der Waals surface area contributed by atoms with Crippen molar-refractivity contribution in [2.45, 2.75) is 40.0 Å². The largest absolute Gasteiger partial charge is 0.0654 e. The molecule has 0 aliphatic heterocycles. The Morgan fingerprint density at radius 2 is 1.92 bits per heavy atom. The number of rotatable bonds is 4. The van der Waals surface area contributed by atoms with Gasteiger partial charge in [-0.2, -0.15) is 0 Å². The topological polar surface area (TPSA) is 0 Å². The third-order valence-electron chi connectivity index (χ3n) is 2.51. The van der Waals surface area contributed by atoms with Crippen LogP contribution in [0.3, 0.4) is 0 Å². The molecule has 0 nitrogen and oxygen atoms in total. The van der Waals surface area contributed by atoms with Crippen molar-refractivity contribution in [1.29, 1.82) is 0 Å². The van der Waals surface area contributed by atoms with Crippen LogP contribution in [0, 0.1) is 12.8 Å². The van der Waals surface area contributed by atoms with Gasteiger partial charge < -0.3 is 0 Å². The zero-order valence-electron chi connectivity index (χ0n) is 8.93. The standard InChI is InChI=1S/C13H19/c1-4-5-8-11(2)13-10-7-6-9-12(13)3/h6-7,9-10H,4-5,8H2,1-3H3. The fraction of sp³-hybridized carbons (Fsp3) is 0.462. The first-order chi connectivity index (χ1) is 6.25. The third-order valence-corrected chi connectivity index (χ3v) is 2.51. The molecule has 0 aromatic heterocycles. The molecule has 0 bridgehead atoms. The zero-order valence-corrected chi connectivity index (χ0v) is 8.93. The molecule has 0 aliphatic carbocycles. The highest BCUT2D eigenvalue weighted by Crippen LogP contribution is 2.22. The molecule has 0 saturated heterocycles. The van der Waals surface area contributed by atoms with Crippen LogP contribution < -0.4 is 0 Å². The molecule has 1 aromatic rings. The van der Waals surface area contributed by atoms with Gasteiger partial charge in [0.25, 0.3) is 0 Å². The fourth-order valence-corrected chi connectivity index (χ4v) is 1.63. The Morgan fingerprint density at radius 1 is 1.23 bits per heavy atom. The monoisotopic (exact) mass is 175 g/mol. The van der Waals surface area contributed by atoms with E-state index in [9.17, 15) is 0 Å². The third kappa shape index (κ3) is 2.87. The lowest BCUT2D eigenvalue weighted by Crippen LogP contribution is -1.96. The van der Waals surface area contributed by atoms with Crippen molar-refractivity contribution in [1.82, 2.24) is 0 Å². The SMILES string of the molecule is CCCC[C](C)c1ccccc1C. The van der Waals surface area contributed by atoms with Gasteiger partial charge in [-0.3, -0.25) is 0 Å². The molecule has 0 N–H and O–H groups in total. The normalized spacial score (nSPS) is 10.8. The van der Waals surface area contributed by atoms with Crippen LogP contribution in [0.2, 0.25) is 0 Å². The highest BCUT2D eigenvalue weighted by molar-refractivity contribution is 5.36. The number of aryl methyl sites for hydroxylation is 1. The van der Waals surface area contributed by atoms with E-state index in [0.29, 0.717) is 0 Å². The second-order valence-electron chi connectivity index (χ2n) is 3.70. The van der Waals surface area contributed by atoms with Crippen LogP contribution >= 0.6 is 0 Å². The number of benzene rings is 1. The average molecular weight is 175 g/mol. The van der Waals surface area contributed by atoms with Crippen molar-refractivity contribution in [3.05, 3.63) is 41.3 Å². The van der Waals surface area contributed by atoms with E-state index in [4.69, 9.17) is 0 Å². The molecule has 0 fully saturated rings. The van der Waals surface area contributed by atoms with Gasteiger partial charge >= 0.3 is 0 Å². The second-order valence-corrected chi connectivity index (χ2v) is 3.70. The van der Waals surface area contributed by atoms with Crippen molar-refractivity contribution in [3.8, 4) is 0 Å². The highest BCUT2D eigenvalue weighted by atomic mass is 14.1. The predicted molar refractivity (Wildman–Crippen MR) is 58.7 cm³/mol. The van der Waals surface area contributed by atoms with E-state index in [2.05, 4.69) is 45.0 Å². The summed E-state index contributed by atoms with van der Waals surface area (Å²) in [7, 11) is 0. The minimum atomic E-state index is 1.24. The van der Waals surface area contributed by atoms with Crippen LogP contribution in [0.15, 0.2) is 24.3 Å². The molecule has 0 spiro atoms. The summed E-state index contributed by atoms with van der Waals surface area (Å²) in [6, 6.07) is 8.63. The maximum atomic E-state index is 2.25. The summed E-state index contributed by atoms with van der Waals surface area (Å²) in [5, 5.41) is 0. The number of hydrogen-bond donors (Lipinski definition) is 0. The van der Waals surface area contributed by atoms with Crippen LogP contribution in [-0.4, -0.2) is 0 Å². The molecule has 1 rings (SSSR count). The summed E-state index contributed by atoms with van der Waals surface area (Å²) in [6.45, 7) is 6.67. The van der Waals surface area contributed by atoms with Crippen molar-refractivity contribution in [2.24, 2.45) is 0 Å². The summed E-state index contributed by atoms with van der Waals surface area (Å²) < 4.78 is 0. The van der Waals surface area contributed by atoms with Gasteiger partial charge in [0.2, 0.25) is 0 Å². The Balaban J connectivity index is 2.65. The van der Waals surface area contributed by atoms with E-state index < -0.39 is 0 Å². The van der Waals surface area contributed by atoms with Crippen molar-refractivity contribution < 1.29 is 0 Å². The summed E-state index contributed by atoms with van der Waals surface area (Å²) in [5.41, 5.74) is 2.84. The summed E-state index contributed by atoms with van der Waals surface area (Å²) in [6.07, 6.45) is 3.82. The van der Waals surface area contributed by atoms with Crippen LogP contribution in [0.25, 0.3) is 0 Å². The molecule has 0 amide bonds. The lowest BCUT2D eigenvalue weighted by atomic mass is 9.92. The first kappa shape index (κ1) is 10.3. The molecule has 1 radical (unpaired) electrons. The van der Waals surface area contributed by atoms with Crippen molar-refractivity contribution in [2.75, 3.05) is 0 Å². The lowest BCUT2D eigenvalue weighted by Gasteiger charge is -2.12. The van der Waals surface area contributed by atoms with Crippen LogP contribution in [0.5, 0.6) is 0 Å². The number of unbranched alkanes of at least 4 members (excludes halogenated alkanes) is 1. The minimum Gasteiger partial charge on any atom is -0.0654 e. The molecular formula is C13H19. The fourth-order valence-electron chi connectivity index (χ4n) is 1.63. The molecule has 0 heterocycles. The Kier molecular flexibility index (Phi) is 4.01. The van der Waals surface area contributed by atoms with E-state index in [1.165, 1.54) is 36.3 Å². The molecule has 0 atom stereocenters. The van der Waals surface area contributed by atoms with Gasteiger partial charge in [0, 0.05) is 5.92 Å². The van der Waals surface area contributed by atoms with Crippen LogP contribution in [0.1, 0.15) is 44.2 Å². The van der Waals surface area contributed by atoms with Gasteiger partial charge in [-0.15, -0.1) is 0 Å². The zero-order chi connectivity index (χ0) is 9.68. The molecule has 71 valence electrons. The quantitative estimate of drug-likeness (QED) is 0.645. The highest BCUT2D eigenvalue weighted by Gasteiger charge is 2.06. The predicted octanol–water partition coefficient (Wildman–Crippen LogP) is 4.13. The van der Waals surface area contributed by atoms with E-state index in [1.54, 1.807) is 0 Å². The molecule has 0 unspecified atom stereocenters. The average Bonchev–Trinajstić information content (AvgIpc) is 2.15. The Bertz CT molecular complexity index is 250. The second kappa shape index (κ2) is 5.06. The molecule has 1 aromatic carbocycles. The van der Waals surface area contributed by atoms with Gasteiger partial charge in [0.05, 0.1) is 0 Å². The van der Waals surface area contributed by atoms with Gasteiger partial charge in [-0.25, -0.2) is 0 Å². The van der Waals surface area contributed by atoms with E-state index in [-0.39, 0.29) is 0 Å². The lowest BCUT2D eigenvalue weighted by molar-refractivity contribution is 0.741. The maximum absolute atomic E-state index is 2.25. The van der Waals surface area contributed by atoms with Gasteiger partial charge in [-0.1, -0.05) is 51.0 Å². The summed E-state index contributed by atoms with van der Waals surface area (Å²) in [5.74, 6) is 1.53. The first-order valence-corrected chi connectivity index (χ1v) is 5.14. The first-order valence-electron chi connectivity index (χ1n) is 5.14. The minimum absolute atomic E-state index is 1.24. The summed E-state index contributed by atoms with van der Waals surface area (Å²) >= 11 is 0. The van der Waals surface area contributed by atoms with E-state index in [1.807, 2.05) is 0 Å². The van der Waals surface area contributed by atoms with Gasteiger partial charge in [0.1, 0.15) is 0 Å². The molecule has 0 saturated carbocycles. The molecular weight excluding hydrogens is 156 g/mol. The Hall–Kier alpha value is -0.780. The van der Waals surface area contributed by atoms with Crippen molar-refractivity contribution in [3.63, 3.8) is 0 Å². The summed E-state index contributed by atoms with van der Waals surface area (Å²) in [4.78, 5) is 0. The molecule has 0 aliphatic rings. The Labute approximate surface area is 82.0 Å². The van der Waals surface area contributed by atoms with Crippen molar-refractivity contribution >= 4 is 0 Å². The van der Waals surface area contributed by atoms with Gasteiger partial charge in [0.15, 0.2) is 0 Å². The van der Waals surface area contributed by atoms with Gasteiger partial charge in [-0.05, 0) is 24.5 Å². The number of hydrogen-bond acceptors (Lipinski definition) is 0. The van der Waals surface area contributed by atoms with E-state index >= 15 is 0 Å². The smallest absolute Gasteiger partial charge is 0.00216 e. The Morgan fingerprint density at radius 3 is 2.54 bits per heavy atom. The van der Waals surface area contributed by atoms with Crippen LogP contribution in [0.4, 0.5) is 0 Å². The molecule has 13 heavy (non-hydrogen) atoms. The maximum Gasteiger partial charge on any atom is 0.00216 e.